The van der Waals surface area contributed by atoms with Gasteiger partial charge in [-0.3, -0.25) is 4.79 Å². The van der Waals surface area contributed by atoms with Gasteiger partial charge in [0.25, 0.3) is 5.91 Å². The summed E-state index contributed by atoms with van der Waals surface area (Å²) in [5, 5.41) is 6.69. The highest BCUT2D eigenvalue weighted by Crippen LogP contribution is 2.17. The van der Waals surface area contributed by atoms with Gasteiger partial charge in [-0.05, 0) is 31.5 Å². The number of hydrogen-bond acceptors (Lipinski definition) is 3. The minimum Gasteiger partial charge on any atom is -0.392 e. The monoisotopic (exact) mass is 310 g/mol. The van der Waals surface area contributed by atoms with Gasteiger partial charge in [0.2, 0.25) is 0 Å². The fraction of sp³-hybridized carbons (Fsp3) is 0.385. The maximum atomic E-state index is 11.9. The zero-order valence-corrected chi connectivity index (χ0v) is 11.9. The normalized spacial score (nSPS) is 19.9. The molecule has 1 heterocycles. The number of benzene rings is 1. The van der Waals surface area contributed by atoms with E-state index < -0.39 is 0 Å². The summed E-state index contributed by atoms with van der Waals surface area (Å²) in [4.78, 5) is 16.9. The van der Waals surface area contributed by atoms with E-state index in [2.05, 4.69) is 26.4 Å². The summed E-state index contributed by atoms with van der Waals surface area (Å²) in [5.74, 6) is -0.158. The van der Waals surface area contributed by atoms with Crippen LogP contribution in [0.25, 0.3) is 0 Å². The van der Waals surface area contributed by atoms with Gasteiger partial charge in [-0.25, -0.2) is 0 Å². The molecule has 2 rings (SSSR count). The van der Waals surface area contributed by atoms with E-state index in [1.54, 1.807) is 0 Å². The van der Waals surface area contributed by atoms with Gasteiger partial charge in [0.05, 0.1) is 6.04 Å². The Morgan fingerprint density at radius 3 is 2.72 bits per heavy atom. The zero-order valence-electron chi connectivity index (χ0n) is 10.3. The molecule has 0 aromatic heterocycles. The second-order valence-corrected chi connectivity index (χ2v) is 5.32. The van der Waals surface area contributed by atoms with Crippen molar-refractivity contribution in [2.24, 2.45) is 5.16 Å². The van der Waals surface area contributed by atoms with Crippen molar-refractivity contribution in [1.82, 2.24) is 5.32 Å². The number of halogens is 1. The minimum absolute atomic E-state index is 0.00580. The largest absolute Gasteiger partial charge is 0.392 e. The third-order valence-electron chi connectivity index (χ3n) is 2.80. The van der Waals surface area contributed by atoms with Crippen LogP contribution in [0, 0.1) is 0 Å². The number of nitrogens with one attached hydrogen (secondary N) is 1. The molecule has 1 unspecified atom stereocenters. The lowest BCUT2D eigenvalue weighted by Crippen LogP contribution is -2.32. The van der Waals surface area contributed by atoms with E-state index in [-0.39, 0.29) is 18.1 Å². The summed E-state index contributed by atoms with van der Waals surface area (Å²) in [6.45, 7) is 3.84. The molecule has 1 amide bonds. The van der Waals surface area contributed by atoms with E-state index in [0.29, 0.717) is 12.1 Å². The van der Waals surface area contributed by atoms with Gasteiger partial charge in [0, 0.05) is 10.9 Å². The van der Waals surface area contributed by atoms with E-state index in [0.717, 1.165) is 10.0 Å². The Kier molecular flexibility index (Phi) is 4.01. The predicted molar refractivity (Wildman–Crippen MR) is 73.3 cm³/mol. The molecule has 1 aliphatic rings. The molecule has 1 N–H and O–H groups in total. The van der Waals surface area contributed by atoms with Crippen LogP contribution >= 0.6 is 15.9 Å². The van der Waals surface area contributed by atoms with Crippen LogP contribution in [-0.2, 0) is 9.63 Å². The summed E-state index contributed by atoms with van der Waals surface area (Å²) in [7, 11) is 0. The van der Waals surface area contributed by atoms with Crippen molar-refractivity contribution in [1.29, 1.82) is 0 Å². The first-order valence-corrected chi connectivity index (χ1v) is 6.64. The molecule has 1 aromatic rings. The van der Waals surface area contributed by atoms with Gasteiger partial charge in [0.1, 0.15) is 11.8 Å². The maximum absolute atomic E-state index is 11.9. The van der Waals surface area contributed by atoms with Crippen LogP contribution in [0.15, 0.2) is 33.9 Å². The Bertz CT molecular complexity index is 470. The van der Waals surface area contributed by atoms with Crippen molar-refractivity contribution < 1.29 is 9.63 Å². The first-order valence-electron chi connectivity index (χ1n) is 5.85. The fourth-order valence-electron chi connectivity index (χ4n) is 1.75. The van der Waals surface area contributed by atoms with Crippen molar-refractivity contribution >= 4 is 27.5 Å². The van der Waals surface area contributed by atoms with Crippen LogP contribution in [-0.4, -0.2) is 17.7 Å². The second-order valence-electron chi connectivity index (χ2n) is 4.40. The number of nitrogens with zero attached hydrogens (tertiary/aromatic N) is 1. The van der Waals surface area contributed by atoms with Crippen molar-refractivity contribution in [2.45, 2.75) is 32.4 Å². The molecule has 0 fully saturated rings. The highest BCUT2D eigenvalue weighted by molar-refractivity contribution is 9.10. The number of carbonyl (C=O) groups is 1. The highest BCUT2D eigenvalue weighted by Gasteiger charge is 2.23. The summed E-state index contributed by atoms with van der Waals surface area (Å²) in [5.41, 5.74) is 1.52. The molecule has 0 radical (unpaired) electrons. The van der Waals surface area contributed by atoms with Crippen molar-refractivity contribution in [3.8, 4) is 0 Å². The van der Waals surface area contributed by atoms with E-state index in [4.69, 9.17) is 4.84 Å². The van der Waals surface area contributed by atoms with E-state index in [9.17, 15) is 4.79 Å². The molecule has 1 aliphatic heterocycles. The highest BCUT2D eigenvalue weighted by atomic mass is 79.9. The lowest BCUT2D eigenvalue weighted by Gasteiger charge is -2.13. The number of carbonyl (C=O) groups excluding carboxylic acids is 1. The molecule has 2 atom stereocenters. The van der Waals surface area contributed by atoms with E-state index in [1.807, 2.05) is 38.1 Å². The van der Waals surface area contributed by atoms with Crippen LogP contribution in [0.5, 0.6) is 0 Å². The zero-order chi connectivity index (χ0) is 13.1. The molecule has 4 nitrogen and oxygen atoms in total. The second kappa shape index (κ2) is 5.52. The predicted octanol–water partition coefficient (Wildman–Crippen LogP) is 2.79. The number of rotatable bonds is 3. The average Bonchev–Trinajstić information content (AvgIpc) is 2.76. The van der Waals surface area contributed by atoms with Crippen molar-refractivity contribution in [3.63, 3.8) is 0 Å². The standard InChI is InChI=1S/C13H15BrN2O2/c1-8-7-12(16-18-8)13(17)15-9(2)10-3-5-11(14)6-4-10/h3-6,8-9H,7H2,1-2H3,(H,15,17)/t8?,9-/m1/s1. The fourth-order valence-corrected chi connectivity index (χ4v) is 2.01. The Labute approximate surface area is 115 Å². The molecule has 1 aromatic carbocycles. The van der Waals surface area contributed by atoms with Gasteiger partial charge in [0.15, 0.2) is 0 Å². The Balaban J connectivity index is 1.97. The van der Waals surface area contributed by atoms with Gasteiger partial charge >= 0.3 is 0 Å². The number of hydrogen-bond donors (Lipinski definition) is 1. The first-order chi connectivity index (χ1) is 8.56. The SMILES string of the molecule is CC1CC(C(=O)N[C@H](C)c2ccc(Br)cc2)=NO1. The molecule has 5 heteroatoms. The van der Waals surface area contributed by atoms with E-state index >= 15 is 0 Å². The molecule has 96 valence electrons. The number of oxime groups is 1. The molecular weight excluding hydrogens is 296 g/mol. The molecule has 0 bridgehead atoms. The third kappa shape index (κ3) is 3.10. The molecule has 18 heavy (non-hydrogen) atoms. The average molecular weight is 311 g/mol. The third-order valence-corrected chi connectivity index (χ3v) is 3.33. The topological polar surface area (TPSA) is 50.7 Å². The summed E-state index contributed by atoms with van der Waals surface area (Å²) >= 11 is 3.38. The molecule has 0 saturated heterocycles. The summed E-state index contributed by atoms with van der Waals surface area (Å²) < 4.78 is 1.02. The van der Waals surface area contributed by atoms with Gasteiger partial charge < -0.3 is 10.2 Å². The van der Waals surface area contributed by atoms with Crippen LogP contribution in [0.3, 0.4) is 0 Å². The lowest BCUT2D eigenvalue weighted by molar-refractivity contribution is -0.115. The van der Waals surface area contributed by atoms with Gasteiger partial charge in [-0.15, -0.1) is 0 Å². The van der Waals surface area contributed by atoms with Crippen molar-refractivity contribution in [2.75, 3.05) is 0 Å². The first kappa shape index (κ1) is 13.1. The lowest BCUT2D eigenvalue weighted by atomic mass is 10.1. The van der Waals surface area contributed by atoms with Gasteiger partial charge in [-0.1, -0.05) is 33.2 Å². The Morgan fingerprint density at radius 2 is 2.17 bits per heavy atom. The summed E-state index contributed by atoms with van der Waals surface area (Å²) in [6, 6.07) is 7.81. The minimum atomic E-state index is -0.158. The smallest absolute Gasteiger partial charge is 0.269 e. The van der Waals surface area contributed by atoms with E-state index in [1.165, 1.54) is 0 Å². The van der Waals surface area contributed by atoms with Gasteiger partial charge in [-0.2, -0.15) is 0 Å². The number of amides is 1. The molecule has 0 saturated carbocycles. The van der Waals surface area contributed by atoms with Crippen LogP contribution in [0.4, 0.5) is 0 Å². The quantitative estimate of drug-likeness (QED) is 0.933. The molecular formula is C13H15BrN2O2. The van der Waals surface area contributed by atoms with Crippen LogP contribution in [0.1, 0.15) is 31.9 Å². The molecule has 0 aliphatic carbocycles. The maximum Gasteiger partial charge on any atom is 0.269 e. The van der Waals surface area contributed by atoms with Crippen molar-refractivity contribution in [3.05, 3.63) is 34.3 Å². The van der Waals surface area contributed by atoms with Crippen LogP contribution in [0.2, 0.25) is 0 Å². The van der Waals surface area contributed by atoms with Crippen LogP contribution < -0.4 is 5.32 Å². The molecule has 0 spiro atoms. The Morgan fingerprint density at radius 1 is 1.50 bits per heavy atom. The summed E-state index contributed by atoms with van der Waals surface area (Å²) in [6.07, 6.45) is 0.563. The Hall–Kier alpha value is -1.36.